The highest BCUT2D eigenvalue weighted by atomic mass is 32.2. The topological polar surface area (TPSA) is 134 Å². The second kappa shape index (κ2) is 9.75. The fourth-order valence-electron chi connectivity index (χ4n) is 4.86. The van der Waals surface area contributed by atoms with E-state index < -0.39 is 45.3 Å². The summed E-state index contributed by atoms with van der Waals surface area (Å²) in [6.45, 7) is 0.244. The predicted octanol–water partition coefficient (Wildman–Crippen LogP) is 2.05. The first-order chi connectivity index (χ1) is 17.6. The minimum absolute atomic E-state index is 0.165. The molecule has 37 heavy (non-hydrogen) atoms. The lowest BCUT2D eigenvalue weighted by Gasteiger charge is -2.44. The van der Waals surface area contributed by atoms with Crippen molar-refractivity contribution in [2.75, 3.05) is 23.4 Å². The number of hydrogen-bond acceptors (Lipinski definition) is 8. The third kappa shape index (κ3) is 5.30. The number of anilines is 1. The maximum absolute atomic E-state index is 14.3. The summed E-state index contributed by atoms with van der Waals surface area (Å²) in [4.78, 5) is 16.8. The summed E-state index contributed by atoms with van der Waals surface area (Å²) in [6, 6.07) is 11.9. The van der Waals surface area contributed by atoms with Crippen LogP contribution in [0.2, 0.25) is 0 Å². The Kier molecular flexibility index (Phi) is 6.63. The molecule has 2 aromatic heterocycles. The van der Waals surface area contributed by atoms with Crippen molar-refractivity contribution in [2.24, 2.45) is 0 Å². The van der Waals surface area contributed by atoms with E-state index in [2.05, 4.69) is 25.8 Å². The van der Waals surface area contributed by atoms with E-state index in [9.17, 15) is 27.1 Å². The summed E-state index contributed by atoms with van der Waals surface area (Å²) in [5.41, 5.74) is 0.847. The van der Waals surface area contributed by atoms with Crippen molar-refractivity contribution in [1.82, 2.24) is 20.5 Å². The normalized spacial score (nSPS) is 26.3. The van der Waals surface area contributed by atoms with Gasteiger partial charge in [0.2, 0.25) is 0 Å². The Morgan fingerprint density at radius 1 is 1.11 bits per heavy atom. The highest BCUT2D eigenvalue weighted by Gasteiger charge is 2.48. The van der Waals surface area contributed by atoms with E-state index in [-0.39, 0.29) is 42.1 Å². The zero-order valence-electron chi connectivity index (χ0n) is 19.6. The lowest BCUT2D eigenvalue weighted by atomic mass is 9.65. The smallest absolute Gasteiger partial charge is 0.251 e. The summed E-state index contributed by atoms with van der Waals surface area (Å²) < 4.78 is 51.5. The number of benzene rings is 1. The summed E-state index contributed by atoms with van der Waals surface area (Å²) in [5.74, 6) is -1.23. The van der Waals surface area contributed by atoms with Gasteiger partial charge in [-0.15, -0.1) is 10.2 Å². The van der Waals surface area contributed by atoms with Crippen LogP contribution in [0.25, 0.3) is 11.3 Å². The molecule has 3 heterocycles. The molecule has 2 atom stereocenters. The molecule has 0 unspecified atom stereocenters. The van der Waals surface area contributed by atoms with Crippen LogP contribution in [0.5, 0.6) is 0 Å². The highest BCUT2D eigenvalue weighted by Crippen LogP contribution is 2.45. The molecule has 0 spiro atoms. The van der Waals surface area contributed by atoms with Gasteiger partial charge in [-0.1, -0.05) is 12.1 Å². The number of amides is 1. The Hall–Kier alpha value is -3.51. The van der Waals surface area contributed by atoms with Gasteiger partial charge in [-0.05, 0) is 49.2 Å². The maximum Gasteiger partial charge on any atom is 0.251 e. The van der Waals surface area contributed by atoms with Crippen LogP contribution in [0, 0.1) is 5.82 Å². The molecule has 194 valence electrons. The molecule has 0 bridgehead atoms. The van der Waals surface area contributed by atoms with Gasteiger partial charge in [0, 0.05) is 29.3 Å². The molecule has 0 radical (unpaired) electrons. The first kappa shape index (κ1) is 25.2. The number of aliphatic hydroxyl groups excluding tert-OH is 1. The van der Waals surface area contributed by atoms with Crippen LogP contribution in [-0.4, -0.2) is 71.0 Å². The molecule has 3 aromatic rings. The van der Waals surface area contributed by atoms with Crippen molar-refractivity contribution in [2.45, 2.75) is 36.6 Å². The van der Waals surface area contributed by atoms with Gasteiger partial charge in [-0.2, -0.15) is 0 Å². The van der Waals surface area contributed by atoms with Crippen molar-refractivity contribution < 1.29 is 27.1 Å². The van der Waals surface area contributed by atoms with Crippen LogP contribution < -0.4 is 10.6 Å². The molecule has 3 N–H and O–H groups in total. The largest absolute Gasteiger partial charge is 0.390 e. The minimum Gasteiger partial charge on any atom is -0.390 e. The van der Waals surface area contributed by atoms with E-state index in [0.717, 1.165) is 0 Å². The van der Waals surface area contributed by atoms with Crippen molar-refractivity contribution in [1.29, 1.82) is 0 Å². The van der Waals surface area contributed by atoms with Crippen LogP contribution in [0.15, 0.2) is 54.7 Å². The monoisotopic (exact) mass is 529 g/mol. The third-order valence-corrected chi connectivity index (χ3v) is 8.53. The fourth-order valence-corrected chi connectivity index (χ4v) is 6.61. The van der Waals surface area contributed by atoms with Crippen LogP contribution >= 0.6 is 0 Å². The first-order valence-electron chi connectivity index (χ1n) is 11.8. The zero-order chi connectivity index (χ0) is 26.2. The van der Waals surface area contributed by atoms with E-state index in [1.807, 2.05) is 0 Å². The van der Waals surface area contributed by atoms with Crippen LogP contribution in [0.3, 0.4) is 0 Å². The SMILES string of the molecule is O=C(N[C@@H]1CS(=O)(=O)C[C@H]1O)c1cccc(-c2ccc(NC[C@]3(c4ncccc4F)C[C@H](F)C3)nn2)c1. The van der Waals surface area contributed by atoms with Crippen molar-refractivity contribution >= 4 is 21.6 Å². The standard InChI is InChI=1S/C25H25F2N5O4S/c26-17-10-25(11-17,23-18(27)5-2-8-28-23)14-29-22-7-6-19(31-32-22)15-3-1-4-16(9-15)24(34)30-20-12-37(35,36)13-21(20)33/h1-9,17,20-21,33H,10-14H2,(H,29,32)(H,30,34)/t17-,20-,21-,25-/m1/s1. The van der Waals surface area contributed by atoms with Crippen molar-refractivity contribution in [3.63, 3.8) is 0 Å². The first-order valence-corrected chi connectivity index (χ1v) is 13.6. The second-order valence-corrected chi connectivity index (χ2v) is 11.7. The average molecular weight is 530 g/mol. The number of nitrogens with one attached hydrogen (secondary N) is 2. The number of sulfone groups is 1. The number of halogens is 2. The number of aromatic nitrogens is 3. The summed E-state index contributed by atoms with van der Waals surface area (Å²) in [6.07, 6.45) is -0.336. The summed E-state index contributed by atoms with van der Waals surface area (Å²) in [7, 11) is -3.39. The number of hydrogen-bond donors (Lipinski definition) is 3. The van der Waals surface area contributed by atoms with E-state index >= 15 is 0 Å². The van der Waals surface area contributed by atoms with Gasteiger partial charge in [0.15, 0.2) is 9.84 Å². The molecule has 1 amide bonds. The Bertz CT molecular complexity index is 1410. The van der Waals surface area contributed by atoms with Gasteiger partial charge in [-0.3, -0.25) is 9.78 Å². The van der Waals surface area contributed by atoms with Gasteiger partial charge in [0.25, 0.3) is 5.91 Å². The number of rotatable bonds is 7. The van der Waals surface area contributed by atoms with Crippen molar-refractivity contribution in [3.8, 4) is 11.3 Å². The molecule has 5 rings (SSSR count). The van der Waals surface area contributed by atoms with Gasteiger partial charge < -0.3 is 15.7 Å². The Morgan fingerprint density at radius 2 is 1.92 bits per heavy atom. The molecule has 1 aliphatic heterocycles. The van der Waals surface area contributed by atoms with Crippen LogP contribution in [-0.2, 0) is 15.3 Å². The third-order valence-electron chi connectivity index (χ3n) is 6.82. The van der Waals surface area contributed by atoms with Gasteiger partial charge >= 0.3 is 0 Å². The average Bonchev–Trinajstić information content (AvgIpc) is 3.12. The lowest BCUT2D eigenvalue weighted by molar-refractivity contribution is 0.0888. The molecule has 2 fully saturated rings. The second-order valence-electron chi connectivity index (χ2n) is 9.58. The van der Waals surface area contributed by atoms with E-state index in [1.54, 1.807) is 36.4 Å². The minimum atomic E-state index is -3.39. The van der Waals surface area contributed by atoms with Gasteiger partial charge in [-0.25, -0.2) is 17.2 Å². The molecular formula is C25H25F2N5O4S. The molecular weight excluding hydrogens is 504 g/mol. The van der Waals surface area contributed by atoms with Gasteiger partial charge in [0.05, 0.1) is 35.0 Å². The van der Waals surface area contributed by atoms with E-state index in [0.29, 0.717) is 17.1 Å². The number of nitrogens with zero attached hydrogens (tertiary/aromatic N) is 3. The van der Waals surface area contributed by atoms with Crippen LogP contribution in [0.4, 0.5) is 14.6 Å². The molecule has 1 saturated carbocycles. The number of pyridine rings is 1. The number of alkyl halides is 1. The quantitative estimate of drug-likeness (QED) is 0.424. The number of carbonyl (C=O) groups is 1. The Labute approximate surface area is 212 Å². The van der Waals surface area contributed by atoms with E-state index in [4.69, 9.17) is 0 Å². The number of aliphatic hydroxyl groups is 1. The zero-order valence-corrected chi connectivity index (χ0v) is 20.5. The Balaban J connectivity index is 1.26. The lowest BCUT2D eigenvalue weighted by Crippen LogP contribution is -2.49. The van der Waals surface area contributed by atoms with Gasteiger partial charge in [0.1, 0.15) is 17.8 Å². The number of carbonyl (C=O) groups excluding carboxylic acids is 1. The molecule has 2 aliphatic rings. The molecule has 9 nitrogen and oxygen atoms in total. The van der Waals surface area contributed by atoms with E-state index in [1.165, 1.54) is 18.3 Å². The highest BCUT2D eigenvalue weighted by molar-refractivity contribution is 7.91. The molecule has 12 heteroatoms. The summed E-state index contributed by atoms with van der Waals surface area (Å²) >= 11 is 0. The van der Waals surface area contributed by atoms with Crippen LogP contribution in [0.1, 0.15) is 28.9 Å². The molecule has 1 aliphatic carbocycles. The van der Waals surface area contributed by atoms with Crippen molar-refractivity contribution in [3.05, 3.63) is 71.8 Å². The predicted molar refractivity (Wildman–Crippen MR) is 132 cm³/mol. The maximum atomic E-state index is 14.3. The molecule has 1 saturated heterocycles. The molecule has 1 aromatic carbocycles. The fraction of sp³-hybridized carbons (Fsp3) is 0.360. The Morgan fingerprint density at radius 3 is 2.57 bits per heavy atom. The summed E-state index contributed by atoms with van der Waals surface area (Å²) in [5, 5.41) is 24.0.